The third kappa shape index (κ3) is 6.95. The van der Waals surface area contributed by atoms with Crippen LogP contribution in [0.25, 0.3) is 0 Å². The number of carbonyl (C=O) groups excluding carboxylic acids is 1. The van der Waals surface area contributed by atoms with Gasteiger partial charge in [0.2, 0.25) is 15.9 Å². The lowest BCUT2D eigenvalue weighted by molar-refractivity contribution is -0.119. The molecule has 0 aliphatic carbocycles. The Morgan fingerprint density at radius 1 is 1.22 bits per heavy atom. The molecule has 130 valence electrons. The van der Waals surface area contributed by atoms with Crippen LogP contribution in [0.1, 0.15) is 6.42 Å². The predicted molar refractivity (Wildman–Crippen MR) is 94.8 cm³/mol. The number of nitrogens with one attached hydrogen (secondary N) is 1. The molecule has 1 rings (SSSR count). The molecule has 1 aromatic carbocycles. The summed E-state index contributed by atoms with van der Waals surface area (Å²) in [7, 11) is 0.260. The van der Waals surface area contributed by atoms with E-state index in [4.69, 9.17) is 23.2 Å². The van der Waals surface area contributed by atoms with Crippen molar-refractivity contribution in [2.75, 3.05) is 44.3 Å². The molecule has 0 aromatic heterocycles. The highest BCUT2D eigenvalue weighted by Gasteiger charge is 2.21. The van der Waals surface area contributed by atoms with Crippen LogP contribution in [0.4, 0.5) is 5.69 Å². The van der Waals surface area contributed by atoms with Crippen molar-refractivity contribution in [2.24, 2.45) is 0 Å². The normalized spacial score (nSPS) is 11.6. The van der Waals surface area contributed by atoms with Crippen molar-refractivity contribution < 1.29 is 13.2 Å². The second kappa shape index (κ2) is 8.73. The Labute approximate surface area is 147 Å². The predicted octanol–water partition coefficient (Wildman–Crippen LogP) is 1.83. The zero-order chi connectivity index (χ0) is 17.6. The SMILES string of the molecule is CN(C)CCCNC(=O)CN(c1ccc(Cl)c(Cl)c1)S(C)(=O)=O. The second-order valence-electron chi connectivity index (χ2n) is 5.37. The number of hydrogen-bond donors (Lipinski definition) is 1. The molecule has 0 unspecified atom stereocenters. The van der Waals surface area contributed by atoms with Crippen molar-refractivity contribution in [1.82, 2.24) is 10.2 Å². The molecule has 0 aliphatic heterocycles. The average Bonchev–Trinajstić information content (AvgIpc) is 2.43. The van der Waals surface area contributed by atoms with Crippen LogP contribution in [-0.4, -0.2) is 59.2 Å². The Morgan fingerprint density at radius 3 is 2.39 bits per heavy atom. The molecule has 23 heavy (non-hydrogen) atoms. The summed E-state index contributed by atoms with van der Waals surface area (Å²) in [4.78, 5) is 14.0. The second-order valence-corrected chi connectivity index (χ2v) is 8.10. The molecule has 0 saturated heterocycles. The zero-order valence-electron chi connectivity index (χ0n) is 13.3. The van der Waals surface area contributed by atoms with Crippen molar-refractivity contribution in [1.29, 1.82) is 0 Å². The first-order chi connectivity index (χ1) is 10.6. The zero-order valence-corrected chi connectivity index (χ0v) is 15.7. The number of sulfonamides is 1. The summed E-state index contributed by atoms with van der Waals surface area (Å²) in [6.45, 7) is 1.01. The number of hydrogen-bond acceptors (Lipinski definition) is 4. The minimum Gasteiger partial charge on any atom is -0.354 e. The van der Waals surface area contributed by atoms with E-state index >= 15 is 0 Å². The standard InChI is InChI=1S/C14H21Cl2N3O3S/c1-18(2)8-4-7-17-14(20)10-19(23(3,21)22)11-5-6-12(15)13(16)9-11/h5-6,9H,4,7-8,10H2,1-3H3,(H,17,20). The van der Waals surface area contributed by atoms with E-state index in [9.17, 15) is 13.2 Å². The minimum atomic E-state index is -3.62. The van der Waals surface area contributed by atoms with Crippen molar-refractivity contribution in [3.8, 4) is 0 Å². The monoisotopic (exact) mass is 381 g/mol. The first kappa shape index (κ1) is 20.0. The third-order valence-corrected chi connectivity index (χ3v) is 4.86. The van der Waals surface area contributed by atoms with Gasteiger partial charge in [-0.25, -0.2) is 8.42 Å². The maximum atomic E-state index is 12.0. The summed E-state index contributed by atoms with van der Waals surface area (Å²) in [6, 6.07) is 4.42. The molecular formula is C14H21Cl2N3O3S. The quantitative estimate of drug-likeness (QED) is 0.697. The van der Waals surface area contributed by atoms with E-state index in [1.54, 1.807) is 0 Å². The smallest absolute Gasteiger partial charge is 0.240 e. The highest BCUT2D eigenvalue weighted by Crippen LogP contribution is 2.28. The lowest BCUT2D eigenvalue weighted by Gasteiger charge is -2.22. The molecule has 0 fully saturated rings. The maximum absolute atomic E-state index is 12.0. The molecule has 0 aliphatic rings. The van der Waals surface area contributed by atoms with Gasteiger partial charge in [0.15, 0.2) is 0 Å². The van der Waals surface area contributed by atoms with E-state index in [2.05, 4.69) is 5.32 Å². The van der Waals surface area contributed by atoms with Crippen LogP contribution >= 0.6 is 23.2 Å². The van der Waals surface area contributed by atoms with Crippen molar-refractivity contribution in [3.63, 3.8) is 0 Å². The van der Waals surface area contributed by atoms with Gasteiger partial charge < -0.3 is 10.2 Å². The lowest BCUT2D eigenvalue weighted by atomic mass is 10.3. The van der Waals surface area contributed by atoms with E-state index in [0.29, 0.717) is 17.3 Å². The number of anilines is 1. The third-order valence-electron chi connectivity index (χ3n) is 2.98. The van der Waals surface area contributed by atoms with E-state index in [-0.39, 0.29) is 17.5 Å². The largest absolute Gasteiger partial charge is 0.354 e. The fraction of sp³-hybridized carbons (Fsp3) is 0.500. The number of carbonyl (C=O) groups is 1. The molecule has 0 radical (unpaired) electrons. The molecule has 0 atom stereocenters. The van der Waals surface area contributed by atoms with E-state index < -0.39 is 10.0 Å². The van der Waals surface area contributed by atoms with Gasteiger partial charge in [-0.15, -0.1) is 0 Å². The first-order valence-electron chi connectivity index (χ1n) is 6.95. The molecule has 0 spiro atoms. The lowest BCUT2D eigenvalue weighted by Crippen LogP contribution is -2.41. The topological polar surface area (TPSA) is 69.7 Å². The van der Waals surface area contributed by atoms with Crippen LogP contribution in [-0.2, 0) is 14.8 Å². The van der Waals surface area contributed by atoms with Crippen LogP contribution in [0.2, 0.25) is 10.0 Å². The molecular weight excluding hydrogens is 361 g/mol. The molecule has 0 heterocycles. The Kier molecular flexibility index (Phi) is 7.60. The maximum Gasteiger partial charge on any atom is 0.240 e. The number of benzene rings is 1. The summed E-state index contributed by atoms with van der Waals surface area (Å²) in [5.74, 6) is -0.375. The Morgan fingerprint density at radius 2 is 1.87 bits per heavy atom. The van der Waals surface area contributed by atoms with Gasteiger partial charge in [-0.2, -0.15) is 0 Å². The van der Waals surface area contributed by atoms with Crippen molar-refractivity contribution in [3.05, 3.63) is 28.2 Å². The van der Waals surface area contributed by atoms with Gasteiger partial charge in [-0.3, -0.25) is 9.10 Å². The Bertz CT molecular complexity index is 651. The van der Waals surface area contributed by atoms with Crippen molar-refractivity contribution in [2.45, 2.75) is 6.42 Å². The Balaban J connectivity index is 2.76. The van der Waals surface area contributed by atoms with Gasteiger partial charge in [-0.05, 0) is 45.3 Å². The molecule has 1 N–H and O–H groups in total. The van der Waals surface area contributed by atoms with Gasteiger partial charge in [0, 0.05) is 6.54 Å². The number of nitrogens with zero attached hydrogens (tertiary/aromatic N) is 2. The van der Waals surface area contributed by atoms with Crippen molar-refractivity contribution >= 4 is 44.8 Å². The van der Waals surface area contributed by atoms with Crippen LogP contribution < -0.4 is 9.62 Å². The number of rotatable bonds is 8. The Hall–Kier alpha value is -1.02. The highest BCUT2D eigenvalue weighted by atomic mass is 35.5. The first-order valence-corrected chi connectivity index (χ1v) is 9.56. The molecule has 0 saturated carbocycles. The fourth-order valence-corrected chi connectivity index (χ4v) is 2.99. The molecule has 0 bridgehead atoms. The molecule has 6 nitrogen and oxygen atoms in total. The van der Waals surface area contributed by atoms with Gasteiger partial charge in [0.25, 0.3) is 0 Å². The van der Waals surface area contributed by atoms with Gasteiger partial charge in [-0.1, -0.05) is 23.2 Å². The van der Waals surface area contributed by atoms with Crippen LogP contribution in [0.5, 0.6) is 0 Å². The summed E-state index contributed by atoms with van der Waals surface area (Å²) >= 11 is 11.8. The summed E-state index contributed by atoms with van der Waals surface area (Å²) in [6.07, 6.45) is 1.82. The van der Waals surface area contributed by atoms with Gasteiger partial charge >= 0.3 is 0 Å². The number of amides is 1. The van der Waals surface area contributed by atoms with E-state index in [0.717, 1.165) is 23.5 Å². The van der Waals surface area contributed by atoms with Crippen LogP contribution in [0, 0.1) is 0 Å². The highest BCUT2D eigenvalue weighted by molar-refractivity contribution is 7.92. The van der Waals surface area contributed by atoms with E-state index in [1.165, 1.54) is 18.2 Å². The van der Waals surface area contributed by atoms with E-state index in [1.807, 2.05) is 19.0 Å². The average molecular weight is 382 g/mol. The summed E-state index contributed by atoms with van der Waals surface area (Å²) in [5.41, 5.74) is 0.297. The van der Waals surface area contributed by atoms with Crippen LogP contribution in [0.15, 0.2) is 18.2 Å². The summed E-state index contributed by atoms with van der Waals surface area (Å²) < 4.78 is 24.9. The fourth-order valence-electron chi connectivity index (χ4n) is 1.85. The van der Waals surface area contributed by atoms with Crippen LogP contribution in [0.3, 0.4) is 0 Å². The minimum absolute atomic E-state index is 0.226. The summed E-state index contributed by atoms with van der Waals surface area (Å²) in [5, 5.41) is 3.25. The molecule has 1 amide bonds. The number of halogens is 2. The molecule has 9 heteroatoms. The molecule has 1 aromatic rings. The van der Waals surface area contributed by atoms with Gasteiger partial charge in [0.05, 0.1) is 22.0 Å². The van der Waals surface area contributed by atoms with Gasteiger partial charge in [0.1, 0.15) is 6.54 Å².